The van der Waals surface area contributed by atoms with E-state index in [1.54, 1.807) is 0 Å². The molecule has 1 aromatic carbocycles. The van der Waals surface area contributed by atoms with Gasteiger partial charge in [-0.05, 0) is 42.9 Å². The zero-order chi connectivity index (χ0) is 24.5. The van der Waals surface area contributed by atoms with Crippen molar-refractivity contribution in [3.05, 3.63) is 30.1 Å². The van der Waals surface area contributed by atoms with Crippen LogP contribution >= 0.6 is 47.0 Å². The number of benzene rings is 1. The van der Waals surface area contributed by atoms with Crippen LogP contribution in [-0.2, 0) is 4.79 Å². The van der Waals surface area contributed by atoms with Crippen molar-refractivity contribution in [3.8, 4) is 0 Å². The van der Waals surface area contributed by atoms with Crippen LogP contribution in [0.15, 0.2) is 24.3 Å². The SMILES string of the molecule is CCCCCCCCCCCCCCC(=O)NC(NC(=S)Nc1ccc(F)cc1)C(Cl)(Cl)Cl. The van der Waals surface area contributed by atoms with Gasteiger partial charge in [-0.25, -0.2) is 4.39 Å². The summed E-state index contributed by atoms with van der Waals surface area (Å²) in [6.07, 6.45) is 14.1. The average molecular weight is 541 g/mol. The Morgan fingerprint density at radius 1 is 0.879 bits per heavy atom. The summed E-state index contributed by atoms with van der Waals surface area (Å²) in [5.74, 6) is -0.570. The first-order chi connectivity index (χ1) is 15.7. The van der Waals surface area contributed by atoms with Crippen LogP contribution < -0.4 is 16.0 Å². The van der Waals surface area contributed by atoms with Crippen LogP contribution in [0.2, 0.25) is 0 Å². The van der Waals surface area contributed by atoms with E-state index in [4.69, 9.17) is 47.0 Å². The molecule has 0 aliphatic carbocycles. The molecule has 1 atom stereocenters. The quantitative estimate of drug-likeness (QED) is 0.0860. The minimum Gasteiger partial charge on any atom is -0.339 e. The molecule has 0 aliphatic rings. The first kappa shape index (κ1) is 30.2. The third-order valence-electron chi connectivity index (χ3n) is 5.27. The normalized spacial score (nSPS) is 12.3. The third kappa shape index (κ3) is 15.7. The van der Waals surface area contributed by atoms with E-state index in [0.29, 0.717) is 12.1 Å². The van der Waals surface area contributed by atoms with E-state index in [1.165, 1.54) is 82.1 Å². The first-order valence-electron chi connectivity index (χ1n) is 11.9. The number of hydrogen-bond donors (Lipinski definition) is 3. The van der Waals surface area contributed by atoms with Crippen LogP contribution in [-0.4, -0.2) is 21.0 Å². The fourth-order valence-electron chi connectivity index (χ4n) is 3.39. The van der Waals surface area contributed by atoms with Crippen molar-refractivity contribution in [3.63, 3.8) is 0 Å². The van der Waals surface area contributed by atoms with Crippen LogP contribution in [0.3, 0.4) is 0 Å². The van der Waals surface area contributed by atoms with Crippen molar-refractivity contribution in [2.24, 2.45) is 0 Å². The van der Waals surface area contributed by atoms with Gasteiger partial charge in [0.25, 0.3) is 0 Å². The molecule has 1 aromatic rings. The highest BCUT2D eigenvalue weighted by Gasteiger charge is 2.34. The van der Waals surface area contributed by atoms with Gasteiger partial charge in [0.05, 0.1) is 0 Å². The smallest absolute Gasteiger partial charge is 0.228 e. The summed E-state index contributed by atoms with van der Waals surface area (Å²) in [5, 5.41) is 8.49. The summed E-state index contributed by atoms with van der Waals surface area (Å²) < 4.78 is 11.2. The number of carbonyl (C=O) groups excluding carboxylic acids is 1. The molecule has 188 valence electrons. The molecular weight excluding hydrogens is 504 g/mol. The number of halogens is 4. The fourth-order valence-corrected chi connectivity index (χ4v) is 3.95. The number of amides is 1. The zero-order valence-electron chi connectivity index (χ0n) is 19.4. The minimum absolute atomic E-state index is 0.142. The second-order valence-corrected chi connectivity index (χ2v) is 11.1. The van der Waals surface area contributed by atoms with E-state index in [0.717, 1.165) is 19.3 Å². The Hall–Kier alpha value is -0.820. The highest BCUT2D eigenvalue weighted by atomic mass is 35.6. The number of carbonyl (C=O) groups is 1. The summed E-state index contributed by atoms with van der Waals surface area (Å²) in [5.41, 5.74) is 0.569. The van der Waals surface area contributed by atoms with E-state index in [9.17, 15) is 9.18 Å². The molecule has 0 heterocycles. The minimum atomic E-state index is -1.80. The number of rotatable bonds is 16. The summed E-state index contributed by atoms with van der Waals surface area (Å²) in [6.45, 7) is 2.24. The number of hydrogen-bond acceptors (Lipinski definition) is 2. The lowest BCUT2D eigenvalue weighted by molar-refractivity contribution is -0.122. The Balaban J connectivity index is 2.21. The molecule has 0 saturated heterocycles. The standard InChI is InChI=1S/C24H37Cl3FN3OS/c1-2-3-4-5-6-7-8-9-10-11-12-13-14-21(32)30-22(24(25,26)27)31-23(33)29-20-17-15-19(28)16-18-20/h15-18,22H,2-14H2,1H3,(H,30,32)(H2,29,31,33). The molecule has 0 bridgehead atoms. The van der Waals surface area contributed by atoms with Crippen LogP contribution in [0, 0.1) is 5.82 Å². The van der Waals surface area contributed by atoms with E-state index in [-0.39, 0.29) is 16.8 Å². The highest BCUT2D eigenvalue weighted by Crippen LogP contribution is 2.29. The second kappa shape index (κ2) is 17.6. The van der Waals surface area contributed by atoms with Crippen molar-refractivity contribution < 1.29 is 9.18 Å². The van der Waals surface area contributed by atoms with Gasteiger partial charge in [0, 0.05) is 12.1 Å². The van der Waals surface area contributed by atoms with Crippen molar-refractivity contribution in [1.82, 2.24) is 10.6 Å². The summed E-state index contributed by atoms with van der Waals surface area (Å²) in [6, 6.07) is 5.65. The summed E-state index contributed by atoms with van der Waals surface area (Å²) >= 11 is 23.2. The predicted octanol–water partition coefficient (Wildman–Crippen LogP) is 8.02. The van der Waals surface area contributed by atoms with Crippen molar-refractivity contribution in [1.29, 1.82) is 0 Å². The predicted molar refractivity (Wildman–Crippen MR) is 144 cm³/mol. The highest BCUT2D eigenvalue weighted by molar-refractivity contribution is 7.80. The molecule has 4 nitrogen and oxygen atoms in total. The van der Waals surface area contributed by atoms with E-state index in [1.807, 2.05) is 0 Å². The van der Waals surface area contributed by atoms with Gasteiger partial charge in [-0.3, -0.25) is 4.79 Å². The first-order valence-corrected chi connectivity index (χ1v) is 13.5. The van der Waals surface area contributed by atoms with Crippen LogP contribution in [0.25, 0.3) is 0 Å². The molecule has 1 rings (SSSR count). The average Bonchev–Trinajstić information content (AvgIpc) is 2.75. The number of alkyl halides is 3. The monoisotopic (exact) mass is 539 g/mol. The molecule has 0 aliphatic heterocycles. The Bertz CT molecular complexity index is 687. The maximum atomic E-state index is 13.0. The van der Waals surface area contributed by atoms with Gasteiger partial charge in [0.1, 0.15) is 12.0 Å². The largest absolute Gasteiger partial charge is 0.339 e. The third-order valence-corrected chi connectivity index (χ3v) is 6.14. The fraction of sp³-hybridized carbons (Fsp3) is 0.667. The lowest BCUT2D eigenvalue weighted by Crippen LogP contribution is -2.56. The molecule has 0 radical (unpaired) electrons. The summed E-state index contributed by atoms with van der Waals surface area (Å²) in [7, 11) is 0. The lowest BCUT2D eigenvalue weighted by atomic mass is 10.0. The molecule has 1 amide bonds. The molecule has 0 spiro atoms. The Morgan fingerprint density at radius 2 is 1.36 bits per heavy atom. The van der Waals surface area contributed by atoms with Crippen molar-refractivity contribution >= 4 is 63.7 Å². The van der Waals surface area contributed by atoms with Crippen LogP contribution in [0.5, 0.6) is 0 Å². The molecule has 33 heavy (non-hydrogen) atoms. The molecular formula is C24H37Cl3FN3OS. The Labute approximate surface area is 218 Å². The second-order valence-electron chi connectivity index (χ2n) is 8.29. The number of anilines is 1. The van der Waals surface area contributed by atoms with Gasteiger partial charge in [-0.2, -0.15) is 0 Å². The van der Waals surface area contributed by atoms with Crippen LogP contribution in [0.1, 0.15) is 90.4 Å². The van der Waals surface area contributed by atoms with Gasteiger partial charge < -0.3 is 16.0 Å². The Morgan fingerprint density at radius 3 is 1.85 bits per heavy atom. The Kier molecular flexibility index (Phi) is 16.1. The summed E-state index contributed by atoms with van der Waals surface area (Å²) in [4.78, 5) is 12.3. The van der Waals surface area contributed by atoms with Gasteiger partial charge >= 0.3 is 0 Å². The molecule has 3 N–H and O–H groups in total. The molecule has 1 unspecified atom stereocenters. The van der Waals surface area contributed by atoms with Gasteiger partial charge in [0.2, 0.25) is 9.70 Å². The molecule has 0 saturated carbocycles. The van der Waals surface area contributed by atoms with E-state index >= 15 is 0 Å². The van der Waals surface area contributed by atoms with Gasteiger partial charge in [-0.15, -0.1) is 0 Å². The number of thiocarbonyl (C=S) groups is 1. The zero-order valence-corrected chi connectivity index (χ0v) is 22.5. The van der Waals surface area contributed by atoms with E-state index in [2.05, 4.69) is 22.9 Å². The topological polar surface area (TPSA) is 53.2 Å². The molecule has 9 heteroatoms. The van der Waals surface area contributed by atoms with Crippen molar-refractivity contribution in [2.45, 2.75) is 100 Å². The van der Waals surface area contributed by atoms with Crippen LogP contribution in [0.4, 0.5) is 10.1 Å². The van der Waals surface area contributed by atoms with Gasteiger partial charge in [0.15, 0.2) is 5.11 Å². The maximum absolute atomic E-state index is 13.0. The number of nitrogens with one attached hydrogen (secondary N) is 3. The van der Waals surface area contributed by atoms with E-state index < -0.39 is 9.96 Å². The van der Waals surface area contributed by atoms with Crippen molar-refractivity contribution in [2.75, 3.05) is 5.32 Å². The number of unbranched alkanes of at least 4 members (excludes halogenated alkanes) is 11. The maximum Gasteiger partial charge on any atom is 0.228 e. The lowest BCUT2D eigenvalue weighted by Gasteiger charge is -2.27. The molecule has 0 aromatic heterocycles. The van der Waals surface area contributed by atoms with Gasteiger partial charge in [-0.1, -0.05) is 112 Å². The molecule has 0 fully saturated rings.